The smallest absolute Gasteiger partial charge is 0.222 e. The molecule has 4 nitrogen and oxygen atoms in total. The van der Waals surface area contributed by atoms with Gasteiger partial charge in [-0.3, -0.25) is 4.79 Å². The highest BCUT2D eigenvalue weighted by atomic mass is 16.5. The van der Waals surface area contributed by atoms with Crippen LogP contribution in [0.25, 0.3) is 0 Å². The van der Waals surface area contributed by atoms with Gasteiger partial charge in [0.1, 0.15) is 0 Å². The molecule has 2 N–H and O–H groups in total. The van der Waals surface area contributed by atoms with Crippen LogP contribution in [0, 0.1) is 5.92 Å². The van der Waals surface area contributed by atoms with Gasteiger partial charge in [0.15, 0.2) is 0 Å². The van der Waals surface area contributed by atoms with Gasteiger partial charge in [0.2, 0.25) is 5.91 Å². The van der Waals surface area contributed by atoms with Crippen molar-refractivity contribution in [3.8, 4) is 0 Å². The fraction of sp³-hybridized carbons (Fsp3) is 0.923. The molecule has 17 heavy (non-hydrogen) atoms. The van der Waals surface area contributed by atoms with Crippen LogP contribution in [0.5, 0.6) is 0 Å². The van der Waals surface area contributed by atoms with Crippen molar-refractivity contribution in [2.75, 3.05) is 20.3 Å². The molecule has 1 amide bonds. The van der Waals surface area contributed by atoms with E-state index in [0.717, 1.165) is 31.6 Å². The minimum absolute atomic E-state index is 0.0436. The molecule has 1 aliphatic carbocycles. The lowest BCUT2D eigenvalue weighted by Gasteiger charge is -2.35. The van der Waals surface area contributed by atoms with Crippen LogP contribution in [0.2, 0.25) is 0 Å². The second kappa shape index (κ2) is 6.97. The zero-order valence-corrected chi connectivity index (χ0v) is 11.0. The van der Waals surface area contributed by atoms with Gasteiger partial charge in [0.05, 0.1) is 12.2 Å². The third-order valence-electron chi connectivity index (χ3n) is 3.76. The topological polar surface area (TPSA) is 58.6 Å². The average Bonchev–Trinajstić information content (AvgIpc) is 2.35. The third kappa shape index (κ3) is 5.04. The first kappa shape index (κ1) is 14.5. The number of methoxy groups -OCH3 is 1. The molecule has 0 spiro atoms. The van der Waals surface area contributed by atoms with E-state index in [1.165, 1.54) is 6.42 Å². The van der Waals surface area contributed by atoms with E-state index in [-0.39, 0.29) is 5.91 Å². The number of carbonyl (C=O) groups excluding carboxylic acids is 1. The van der Waals surface area contributed by atoms with Gasteiger partial charge in [-0.15, -0.1) is 0 Å². The molecule has 1 rings (SSSR count). The second-order valence-electron chi connectivity index (χ2n) is 5.10. The van der Waals surface area contributed by atoms with E-state index in [1.807, 2.05) is 0 Å². The molecule has 0 atom stereocenters. The van der Waals surface area contributed by atoms with Crippen molar-refractivity contribution in [2.24, 2.45) is 5.92 Å². The quantitative estimate of drug-likeness (QED) is 0.742. The Hall–Kier alpha value is -0.610. The minimum Gasteiger partial charge on any atom is -0.388 e. The van der Waals surface area contributed by atoms with Crippen LogP contribution < -0.4 is 5.32 Å². The molecule has 4 heteroatoms. The van der Waals surface area contributed by atoms with E-state index in [2.05, 4.69) is 12.2 Å². The monoisotopic (exact) mass is 243 g/mol. The SMILES string of the molecule is CCC1CCC(O)(CNC(=O)CCOC)CC1. The number of amides is 1. The molecule has 0 saturated heterocycles. The summed E-state index contributed by atoms with van der Waals surface area (Å²) in [5.74, 6) is 0.706. The molecule has 0 aromatic rings. The maximum Gasteiger partial charge on any atom is 0.222 e. The predicted octanol–water partition coefficient (Wildman–Crippen LogP) is 1.47. The van der Waals surface area contributed by atoms with Crippen LogP contribution >= 0.6 is 0 Å². The number of ether oxygens (including phenoxy) is 1. The van der Waals surface area contributed by atoms with Gasteiger partial charge >= 0.3 is 0 Å². The Balaban J connectivity index is 2.24. The number of hydrogen-bond acceptors (Lipinski definition) is 3. The molecule has 0 aromatic heterocycles. The zero-order chi connectivity index (χ0) is 12.7. The van der Waals surface area contributed by atoms with Crippen molar-refractivity contribution in [3.05, 3.63) is 0 Å². The van der Waals surface area contributed by atoms with E-state index in [0.29, 0.717) is 19.6 Å². The van der Waals surface area contributed by atoms with Crippen LogP contribution in [-0.4, -0.2) is 36.9 Å². The van der Waals surface area contributed by atoms with E-state index < -0.39 is 5.60 Å². The fourth-order valence-electron chi connectivity index (χ4n) is 2.35. The molecule has 0 bridgehead atoms. The Morgan fingerprint density at radius 2 is 2.12 bits per heavy atom. The standard InChI is InChI=1S/C13H25NO3/c1-3-11-4-7-13(16,8-5-11)10-14-12(15)6-9-17-2/h11,16H,3-10H2,1-2H3,(H,14,15). The molecule has 0 aliphatic heterocycles. The second-order valence-corrected chi connectivity index (χ2v) is 5.10. The van der Waals surface area contributed by atoms with Gasteiger partial charge in [-0.25, -0.2) is 0 Å². The van der Waals surface area contributed by atoms with E-state index in [4.69, 9.17) is 4.74 Å². The lowest BCUT2D eigenvalue weighted by Crippen LogP contribution is -2.45. The Kier molecular flexibility index (Phi) is 5.92. The molecule has 1 saturated carbocycles. The van der Waals surface area contributed by atoms with Crippen LogP contribution in [0.3, 0.4) is 0 Å². The summed E-state index contributed by atoms with van der Waals surface area (Å²) in [6, 6.07) is 0. The first-order valence-electron chi connectivity index (χ1n) is 6.57. The highest BCUT2D eigenvalue weighted by molar-refractivity contribution is 5.76. The summed E-state index contributed by atoms with van der Waals surface area (Å²) in [5, 5.41) is 13.1. The van der Waals surface area contributed by atoms with Crippen molar-refractivity contribution in [1.29, 1.82) is 0 Å². The molecule has 1 aliphatic rings. The first-order chi connectivity index (χ1) is 8.09. The molecule has 0 radical (unpaired) electrons. The highest BCUT2D eigenvalue weighted by Gasteiger charge is 2.32. The van der Waals surface area contributed by atoms with Crippen LogP contribution in [-0.2, 0) is 9.53 Å². The van der Waals surface area contributed by atoms with E-state index in [1.54, 1.807) is 7.11 Å². The van der Waals surface area contributed by atoms with Gasteiger partial charge in [-0.2, -0.15) is 0 Å². The Morgan fingerprint density at radius 3 is 2.65 bits per heavy atom. The van der Waals surface area contributed by atoms with Gasteiger partial charge in [0, 0.05) is 20.1 Å². The average molecular weight is 243 g/mol. The van der Waals surface area contributed by atoms with Crippen LogP contribution in [0.4, 0.5) is 0 Å². The largest absolute Gasteiger partial charge is 0.388 e. The molecular formula is C13H25NO3. The van der Waals surface area contributed by atoms with Gasteiger partial charge in [0.25, 0.3) is 0 Å². The molecule has 0 aromatic carbocycles. The van der Waals surface area contributed by atoms with Gasteiger partial charge in [-0.05, 0) is 31.6 Å². The summed E-state index contributed by atoms with van der Waals surface area (Å²) < 4.78 is 4.83. The fourth-order valence-corrected chi connectivity index (χ4v) is 2.35. The maximum atomic E-state index is 11.4. The summed E-state index contributed by atoms with van der Waals surface area (Å²) in [6.07, 6.45) is 5.30. The minimum atomic E-state index is -0.686. The van der Waals surface area contributed by atoms with E-state index in [9.17, 15) is 9.90 Å². The molecular weight excluding hydrogens is 218 g/mol. The van der Waals surface area contributed by atoms with Crippen molar-refractivity contribution < 1.29 is 14.6 Å². The Bertz CT molecular complexity index is 235. The summed E-state index contributed by atoms with van der Waals surface area (Å²) in [4.78, 5) is 11.4. The van der Waals surface area contributed by atoms with Crippen molar-refractivity contribution in [2.45, 2.75) is 51.0 Å². The highest BCUT2D eigenvalue weighted by Crippen LogP contribution is 2.33. The predicted molar refractivity (Wildman–Crippen MR) is 66.7 cm³/mol. The normalized spacial score (nSPS) is 29.0. The Labute approximate surface area is 104 Å². The Morgan fingerprint density at radius 1 is 1.47 bits per heavy atom. The molecule has 1 fully saturated rings. The lowest BCUT2D eigenvalue weighted by atomic mass is 9.78. The van der Waals surface area contributed by atoms with Crippen molar-refractivity contribution >= 4 is 5.91 Å². The number of rotatable bonds is 6. The van der Waals surface area contributed by atoms with Gasteiger partial charge < -0.3 is 15.2 Å². The van der Waals surface area contributed by atoms with Crippen LogP contribution in [0.1, 0.15) is 45.4 Å². The molecule has 100 valence electrons. The van der Waals surface area contributed by atoms with Crippen molar-refractivity contribution in [3.63, 3.8) is 0 Å². The summed E-state index contributed by atoms with van der Waals surface area (Å²) in [7, 11) is 1.58. The maximum absolute atomic E-state index is 11.4. The summed E-state index contributed by atoms with van der Waals surface area (Å²) in [6.45, 7) is 3.01. The number of carbonyl (C=O) groups is 1. The first-order valence-corrected chi connectivity index (χ1v) is 6.57. The molecule has 0 heterocycles. The summed E-state index contributed by atoms with van der Waals surface area (Å²) in [5.41, 5.74) is -0.686. The summed E-state index contributed by atoms with van der Waals surface area (Å²) >= 11 is 0. The zero-order valence-electron chi connectivity index (χ0n) is 11.0. The third-order valence-corrected chi connectivity index (χ3v) is 3.76. The van der Waals surface area contributed by atoms with Crippen LogP contribution in [0.15, 0.2) is 0 Å². The number of aliphatic hydroxyl groups is 1. The lowest BCUT2D eigenvalue weighted by molar-refractivity contribution is -0.123. The number of nitrogens with one attached hydrogen (secondary N) is 1. The van der Waals surface area contributed by atoms with Gasteiger partial charge in [-0.1, -0.05) is 13.3 Å². The molecule has 0 unspecified atom stereocenters. The van der Waals surface area contributed by atoms with Crippen molar-refractivity contribution in [1.82, 2.24) is 5.32 Å². The van der Waals surface area contributed by atoms with E-state index >= 15 is 0 Å². The number of hydrogen-bond donors (Lipinski definition) is 2.